The normalized spacial score (nSPS) is 30.5. The molecule has 5 nitrogen and oxygen atoms in total. The van der Waals surface area contributed by atoms with Crippen LogP contribution in [0.1, 0.15) is 13.3 Å². The third-order valence-electron chi connectivity index (χ3n) is 3.71. The smallest absolute Gasteiger partial charge is 0.237 e. The Labute approximate surface area is 103 Å². The van der Waals surface area contributed by atoms with Crippen molar-refractivity contribution >= 4 is 5.91 Å². The summed E-state index contributed by atoms with van der Waals surface area (Å²) < 4.78 is 5.02. The van der Waals surface area contributed by atoms with Crippen molar-refractivity contribution in [2.75, 3.05) is 53.1 Å². The van der Waals surface area contributed by atoms with Crippen LogP contribution in [0.5, 0.6) is 0 Å². The van der Waals surface area contributed by atoms with Crippen molar-refractivity contribution in [1.82, 2.24) is 15.1 Å². The van der Waals surface area contributed by atoms with Gasteiger partial charge < -0.3 is 15.0 Å². The lowest BCUT2D eigenvalue weighted by Crippen LogP contribution is -2.37. The number of nitrogens with zero attached hydrogens (tertiary/aromatic N) is 2. The molecule has 2 heterocycles. The third kappa shape index (κ3) is 3.18. The summed E-state index contributed by atoms with van der Waals surface area (Å²) in [6.45, 7) is 8.14. The Morgan fingerprint density at radius 1 is 1.53 bits per heavy atom. The van der Waals surface area contributed by atoms with E-state index in [1.165, 1.54) is 6.42 Å². The van der Waals surface area contributed by atoms with Gasteiger partial charge in [-0.25, -0.2) is 0 Å². The fourth-order valence-corrected chi connectivity index (χ4v) is 2.71. The number of hydrogen-bond acceptors (Lipinski definition) is 4. The van der Waals surface area contributed by atoms with Gasteiger partial charge in [0.25, 0.3) is 0 Å². The molecule has 0 bridgehead atoms. The molecule has 2 rings (SSSR count). The second-order valence-electron chi connectivity index (χ2n) is 5.52. The lowest BCUT2D eigenvalue weighted by molar-refractivity contribution is -0.127. The van der Waals surface area contributed by atoms with Gasteiger partial charge in [0.2, 0.25) is 5.91 Å². The molecule has 0 spiro atoms. The van der Waals surface area contributed by atoms with Crippen molar-refractivity contribution in [3.05, 3.63) is 0 Å². The third-order valence-corrected chi connectivity index (χ3v) is 3.71. The van der Waals surface area contributed by atoms with E-state index < -0.39 is 0 Å². The Morgan fingerprint density at radius 3 is 3.00 bits per heavy atom. The quantitative estimate of drug-likeness (QED) is 0.720. The number of hydrogen-bond donors (Lipinski definition) is 1. The Morgan fingerprint density at radius 2 is 2.35 bits per heavy atom. The lowest BCUT2D eigenvalue weighted by Gasteiger charge is -2.28. The Kier molecular flexibility index (Phi) is 4.01. The number of carbonyl (C=O) groups excluding carboxylic acids is 1. The van der Waals surface area contributed by atoms with Gasteiger partial charge in [0.05, 0.1) is 19.8 Å². The molecular formula is C12H23N3O2. The molecule has 1 unspecified atom stereocenters. The van der Waals surface area contributed by atoms with Crippen molar-refractivity contribution in [3.63, 3.8) is 0 Å². The first kappa shape index (κ1) is 12.8. The molecule has 17 heavy (non-hydrogen) atoms. The number of methoxy groups -OCH3 is 1. The van der Waals surface area contributed by atoms with Crippen molar-refractivity contribution in [1.29, 1.82) is 0 Å². The van der Waals surface area contributed by atoms with Gasteiger partial charge in [-0.15, -0.1) is 0 Å². The zero-order valence-corrected chi connectivity index (χ0v) is 10.9. The summed E-state index contributed by atoms with van der Waals surface area (Å²) in [7, 11) is 1.67. The van der Waals surface area contributed by atoms with E-state index in [4.69, 9.17) is 4.74 Å². The minimum Gasteiger partial charge on any atom is -0.383 e. The summed E-state index contributed by atoms with van der Waals surface area (Å²) in [4.78, 5) is 15.9. The van der Waals surface area contributed by atoms with Crippen LogP contribution < -0.4 is 5.32 Å². The number of rotatable bonds is 5. The molecule has 1 amide bonds. The van der Waals surface area contributed by atoms with Crippen LogP contribution in [0, 0.1) is 5.41 Å². The van der Waals surface area contributed by atoms with E-state index in [0.717, 1.165) is 26.3 Å². The van der Waals surface area contributed by atoms with Gasteiger partial charge in [0.1, 0.15) is 0 Å². The van der Waals surface area contributed by atoms with Crippen LogP contribution in [0.15, 0.2) is 0 Å². The van der Waals surface area contributed by atoms with E-state index in [9.17, 15) is 4.79 Å². The van der Waals surface area contributed by atoms with Crippen molar-refractivity contribution in [2.24, 2.45) is 5.41 Å². The molecule has 0 aromatic carbocycles. The summed E-state index contributed by atoms with van der Waals surface area (Å²) in [5.41, 5.74) is 0.331. The van der Waals surface area contributed by atoms with Gasteiger partial charge >= 0.3 is 0 Å². The summed E-state index contributed by atoms with van der Waals surface area (Å²) >= 11 is 0. The van der Waals surface area contributed by atoms with Crippen LogP contribution in [-0.2, 0) is 9.53 Å². The van der Waals surface area contributed by atoms with Crippen LogP contribution in [0.3, 0.4) is 0 Å². The summed E-state index contributed by atoms with van der Waals surface area (Å²) in [5, 5.41) is 3.40. The highest BCUT2D eigenvalue weighted by Crippen LogP contribution is 2.26. The molecule has 98 valence electrons. The van der Waals surface area contributed by atoms with Crippen LogP contribution >= 0.6 is 0 Å². The molecule has 2 aliphatic rings. The summed E-state index contributed by atoms with van der Waals surface area (Å²) in [6, 6.07) is 0. The van der Waals surface area contributed by atoms with Gasteiger partial charge in [0.15, 0.2) is 0 Å². The molecule has 1 atom stereocenters. The first-order chi connectivity index (χ1) is 8.13. The van der Waals surface area contributed by atoms with E-state index >= 15 is 0 Å². The fraction of sp³-hybridized carbons (Fsp3) is 0.917. The number of nitrogens with one attached hydrogen (secondary N) is 1. The number of amides is 1. The monoisotopic (exact) mass is 241 g/mol. The van der Waals surface area contributed by atoms with E-state index in [1.807, 2.05) is 4.90 Å². The Balaban J connectivity index is 1.82. The maximum absolute atomic E-state index is 11.8. The topological polar surface area (TPSA) is 44.8 Å². The largest absolute Gasteiger partial charge is 0.383 e. The van der Waals surface area contributed by atoms with E-state index in [1.54, 1.807) is 7.11 Å². The fourth-order valence-electron chi connectivity index (χ4n) is 2.71. The zero-order chi connectivity index (χ0) is 12.3. The highest BCUT2D eigenvalue weighted by molar-refractivity contribution is 5.80. The van der Waals surface area contributed by atoms with Crippen LogP contribution in [0.25, 0.3) is 0 Å². The standard InChI is InChI=1S/C12H23N3O2/c1-12(3-4-13-8-12)9-14-7-11(16)15(10-14)5-6-17-2/h13H,3-10H2,1-2H3. The van der Waals surface area contributed by atoms with Gasteiger partial charge in [-0.1, -0.05) is 6.92 Å². The average Bonchev–Trinajstić information content (AvgIpc) is 2.83. The predicted octanol–water partition coefficient (Wildman–Crippen LogP) is -0.266. The molecule has 2 aliphatic heterocycles. The zero-order valence-electron chi connectivity index (χ0n) is 10.9. The average molecular weight is 241 g/mol. The minimum atomic E-state index is 0.233. The van der Waals surface area contributed by atoms with E-state index in [-0.39, 0.29) is 5.91 Å². The van der Waals surface area contributed by atoms with Crippen LogP contribution in [0.4, 0.5) is 0 Å². The van der Waals surface area contributed by atoms with E-state index in [0.29, 0.717) is 25.1 Å². The Bertz CT molecular complexity index is 277. The van der Waals surface area contributed by atoms with Crippen LogP contribution in [-0.4, -0.2) is 68.8 Å². The highest BCUT2D eigenvalue weighted by Gasteiger charge is 2.35. The van der Waals surface area contributed by atoms with Gasteiger partial charge in [-0.2, -0.15) is 0 Å². The van der Waals surface area contributed by atoms with E-state index in [2.05, 4.69) is 17.1 Å². The van der Waals surface area contributed by atoms with Gasteiger partial charge in [-0.05, 0) is 18.4 Å². The molecule has 0 aromatic heterocycles. The Hall–Kier alpha value is -0.650. The second-order valence-corrected chi connectivity index (χ2v) is 5.52. The molecule has 2 fully saturated rings. The molecule has 0 aromatic rings. The summed E-state index contributed by atoms with van der Waals surface area (Å²) in [5.74, 6) is 0.233. The molecule has 2 saturated heterocycles. The van der Waals surface area contributed by atoms with Crippen LogP contribution in [0.2, 0.25) is 0 Å². The molecular weight excluding hydrogens is 218 g/mol. The first-order valence-electron chi connectivity index (χ1n) is 6.33. The summed E-state index contributed by atoms with van der Waals surface area (Å²) in [6.07, 6.45) is 1.20. The second kappa shape index (κ2) is 5.33. The van der Waals surface area contributed by atoms with Crippen molar-refractivity contribution in [3.8, 4) is 0 Å². The highest BCUT2D eigenvalue weighted by atomic mass is 16.5. The minimum absolute atomic E-state index is 0.233. The maximum atomic E-state index is 11.8. The molecule has 0 aliphatic carbocycles. The number of carbonyl (C=O) groups is 1. The van der Waals surface area contributed by atoms with Crippen molar-refractivity contribution < 1.29 is 9.53 Å². The molecule has 5 heteroatoms. The molecule has 0 saturated carbocycles. The molecule has 0 radical (unpaired) electrons. The predicted molar refractivity (Wildman–Crippen MR) is 65.6 cm³/mol. The SMILES string of the molecule is COCCN1CN(CC2(C)CCNC2)CC1=O. The van der Waals surface area contributed by atoms with Crippen molar-refractivity contribution in [2.45, 2.75) is 13.3 Å². The molecule has 1 N–H and O–H groups in total. The first-order valence-corrected chi connectivity index (χ1v) is 6.33. The number of ether oxygens (including phenoxy) is 1. The maximum Gasteiger partial charge on any atom is 0.237 e. The lowest BCUT2D eigenvalue weighted by atomic mass is 9.89. The van der Waals surface area contributed by atoms with Gasteiger partial charge in [0, 0.05) is 26.7 Å². The van der Waals surface area contributed by atoms with Gasteiger partial charge in [-0.3, -0.25) is 9.69 Å².